The van der Waals surface area contributed by atoms with E-state index in [9.17, 15) is 14.4 Å². The van der Waals surface area contributed by atoms with Gasteiger partial charge in [-0.05, 0) is 55.5 Å². The fraction of sp³-hybridized carbons (Fsp3) is 0.105. The number of hydrogen-bond acceptors (Lipinski definition) is 5. The lowest BCUT2D eigenvalue weighted by Gasteiger charge is -2.30. The van der Waals surface area contributed by atoms with E-state index in [1.54, 1.807) is 48.5 Å². The Morgan fingerprint density at radius 2 is 1.93 bits per heavy atom. The summed E-state index contributed by atoms with van der Waals surface area (Å²) in [5.41, 5.74) is 1.53. The van der Waals surface area contributed by atoms with Gasteiger partial charge in [0.15, 0.2) is 16.8 Å². The molecule has 1 fully saturated rings. The van der Waals surface area contributed by atoms with Crippen molar-refractivity contribution < 1.29 is 14.4 Å². The van der Waals surface area contributed by atoms with E-state index < -0.39 is 17.7 Å². The second-order valence-electron chi connectivity index (χ2n) is 5.81. The van der Waals surface area contributed by atoms with Gasteiger partial charge in [0.25, 0.3) is 5.91 Å². The monoisotopic (exact) mass is 443 g/mol. The number of thiocarbonyl (C=S) groups is 1. The lowest BCUT2D eigenvalue weighted by Crippen LogP contribution is -2.58. The molecule has 0 aliphatic carbocycles. The summed E-state index contributed by atoms with van der Waals surface area (Å²) in [5, 5.41) is 2.55. The molecule has 27 heavy (non-hydrogen) atoms. The fourth-order valence-electron chi connectivity index (χ4n) is 2.52. The molecule has 1 atom stereocenters. The number of Topliss-reactive ketones (excluding diaryl/α,β-unsaturated/α-hetero) is 1. The molecule has 0 spiro atoms. The van der Waals surface area contributed by atoms with E-state index in [-0.39, 0.29) is 10.9 Å². The summed E-state index contributed by atoms with van der Waals surface area (Å²) in [6.07, 6.45) is 1.27. The molecule has 0 saturated carbocycles. The van der Waals surface area contributed by atoms with Gasteiger partial charge in [0.05, 0.1) is 11.4 Å². The number of ketones is 1. The molecule has 0 aromatic heterocycles. The van der Waals surface area contributed by atoms with Crippen LogP contribution >= 0.6 is 28.1 Å². The summed E-state index contributed by atoms with van der Waals surface area (Å²) in [5.74, 6) is -2.24. The topological polar surface area (TPSA) is 78.8 Å². The van der Waals surface area contributed by atoms with Crippen molar-refractivity contribution in [3.8, 4) is 0 Å². The van der Waals surface area contributed by atoms with Crippen molar-refractivity contribution in [3.63, 3.8) is 0 Å². The second-order valence-corrected chi connectivity index (χ2v) is 7.11. The number of nitrogens with one attached hydrogen (secondary N) is 1. The predicted octanol–water partition coefficient (Wildman–Crippen LogP) is 3.42. The third kappa shape index (κ3) is 4.17. The summed E-state index contributed by atoms with van der Waals surface area (Å²) in [6.45, 7) is 1.46. The highest BCUT2D eigenvalue weighted by Crippen LogP contribution is 2.23. The van der Waals surface area contributed by atoms with Crippen molar-refractivity contribution in [3.05, 3.63) is 58.6 Å². The number of anilines is 1. The van der Waals surface area contributed by atoms with E-state index in [0.29, 0.717) is 16.9 Å². The number of hydrogen-bond donors (Lipinski definition) is 1. The number of aliphatic imine (C=N–C) groups is 1. The Hall–Kier alpha value is -2.71. The van der Waals surface area contributed by atoms with Crippen molar-refractivity contribution >= 4 is 68.4 Å². The van der Waals surface area contributed by atoms with Gasteiger partial charge >= 0.3 is 0 Å². The lowest BCUT2D eigenvalue weighted by atomic mass is 10.1. The zero-order chi connectivity index (χ0) is 19.6. The second kappa shape index (κ2) is 7.89. The molecule has 2 aromatic carbocycles. The van der Waals surface area contributed by atoms with Crippen molar-refractivity contribution in [2.75, 3.05) is 4.90 Å². The average Bonchev–Trinajstić information content (AvgIpc) is 2.63. The number of amides is 2. The normalized spacial score (nSPS) is 17.3. The van der Waals surface area contributed by atoms with Crippen LogP contribution in [0.2, 0.25) is 0 Å². The summed E-state index contributed by atoms with van der Waals surface area (Å²) >= 11 is 8.49. The lowest BCUT2D eigenvalue weighted by molar-refractivity contribution is -0.130. The minimum Gasteiger partial charge on any atom is -0.301 e. The zero-order valence-electron chi connectivity index (χ0n) is 14.2. The highest BCUT2D eigenvalue weighted by atomic mass is 79.9. The number of rotatable bonds is 4. The van der Waals surface area contributed by atoms with Crippen LogP contribution in [0, 0.1) is 5.92 Å². The molecule has 8 heteroatoms. The van der Waals surface area contributed by atoms with E-state index in [2.05, 4.69) is 26.2 Å². The number of halogens is 1. The minimum atomic E-state index is -1.12. The van der Waals surface area contributed by atoms with Gasteiger partial charge in [0, 0.05) is 16.3 Å². The van der Waals surface area contributed by atoms with Gasteiger partial charge in [-0.3, -0.25) is 24.3 Å². The first-order valence-corrected chi connectivity index (χ1v) is 9.16. The third-order valence-electron chi connectivity index (χ3n) is 3.91. The standard InChI is InChI=1S/C19H14BrN3O3S/c1-11(24)12-3-2-4-14(9-12)21-10-16-17(25)22-19(27)23(18(16)26)15-7-5-13(20)6-8-15/h2-10,16H,1H3,(H,22,25,27)/t16-/m1/s1. The first-order valence-electron chi connectivity index (χ1n) is 7.96. The van der Waals surface area contributed by atoms with E-state index in [1.165, 1.54) is 18.0 Å². The fourth-order valence-corrected chi connectivity index (χ4v) is 3.08. The van der Waals surface area contributed by atoms with Gasteiger partial charge in [0.2, 0.25) is 5.91 Å². The van der Waals surface area contributed by atoms with E-state index in [0.717, 1.165) is 4.47 Å². The van der Waals surface area contributed by atoms with Crippen molar-refractivity contribution in [2.45, 2.75) is 6.92 Å². The summed E-state index contributed by atoms with van der Waals surface area (Å²) in [6, 6.07) is 13.6. The maximum Gasteiger partial charge on any atom is 0.251 e. The van der Waals surface area contributed by atoms with Gasteiger partial charge in [-0.25, -0.2) is 0 Å². The van der Waals surface area contributed by atoms with Crippen molar-refractivity contribution in [1.29, 1.82) is 0 Å². The molecule has 1 aliphatic rings. The third-order valence-corrected chi connectivity index (χ3v) is 4.73. The molecule has 2 amide bonds. The van der Waals surface area contributed by atoms with Gasteiger partial charge in [0.1, 0.15) is 0 Å². The molecular formula is C19H14BrN3O3S. The van der Waals surface area contributed by atoms with E-state index >= 15 is 0 Å². The van der Waals surface area contributed by atoms with Crippen LogP contribution in [0.5, 0.6) is 0 Å². The van der Waals surface area contributed by atoms with Crippen LogP contribution < -0.4 is 10.2 Å². The molecule has 6 nitrogen and oxygen atoms in total. The Morgan fingerprint density at radius 1 is 1.22 bits per heavy atom. The maximum atomic E-state index is 12.8. The van der Waals surface area contributed by atoms with Crippen LogP contribution in [0.15, 0.2) is 58.0 Å². The molecule has 3 rings (SSSR count). The van der Waals surface area contributed by atoms with Crippen molar-refractivity contribution in [1.82, 2.24) is 5.32 Å². The molecule has 1 N–H and O–H groups in total. The number of carbonyl (C=O) groups excluding carboxylic acids is 3. The van der Waals surface area contributed by atoms with Crippen LogP contribution in [0.1, 0.15) is 17.3 Å². The average molecular weight is 444 g/mol. The Labute approximate surface area is 169 Å². The molecule has 0 bridgehead atoms. The first-order chi connectivity index (χ1) is 12.9. The first kappa shape index (κ1) is 19.1. The molecule has 0 unspecified atom stereocenters. The van der Waals surface area contributed by atoms with Gasteiger partial charge in [-0.1, -0.05) is 28.1 Å². The van der Waals surface area contributed by atoms with Crippen molar-refractivity contribution in [2.24, 2.45) is 10.9 Å². The molecule has 2 aromatic rings. The quantitative estimate of drug-likeness (QED) is 0.339. The summed E-state index contributed by atoms with van der Waals surface area (Å²) in [7, 11) is 0. The number of benzene rings is 2. The highest BCUT2D eigenvalue weighted by molar-refractivity contribution is 9.10. The predicted molar refractivity (Wildman–Crippen MR) is 110 cm³/mol. The van der Waals surface area contributed by atoms with Crippen LogP contribution in [-0.4, -0.2) is 28.9 Å². The van der Waals surface area contributed by atoms with E-state index in [1.807, 2.05) is 0 Å². The summed E-state index contributed by atoms with van der Waals surface area (Å²) in [4.78, 5) is 42.0. The van der Waals surface area contributed by atoms with Crippen LogP contribution in [0.25, 0.3) is 0 Å². The minimum absolute atomic E-state index is 0.0237. The molecule has 136 valence electrons. The number of carbonyl (C=O) groups is 3. The Bertz CT molecular complexity index is 972. The molecule has 1 saturated heterocycles. The molecule has 1 aliphatic heterocycles. The van der Waals surface area contributed by atoms with Gasteiger partial charge < -0.3 is 5.32 Å². The van der Waals surface area contributed by atoms with Crippen LogP contribution in [-0.2, 0) is 9.59 Å². The SMILES string of the molecule is CC(=O)c1cccc(N=C[C@@H]2C(=O)NC(=S)N(c3ccc(Br)cc3)C2=O)c1. The largest absolute Gasteiger partial charge is 0.301 e. The Kier molecular flexibility index (Phi) is 5.57. The van der Waals surface area contributed by atoms with E-state index in [4.69, 9.17) is 12.2 Å². The molecular weight excluding hydrogens is 430 g/mol. The molecule has 0 radical (unpaired) electrons. The van der Waals surface area contributed by atoms with Crippen LogP contribution in [0.3, 0.4) is 0 Å². The van der Waals surface area contributed by atoms with Gasteiger partial charge in [-0.2, -0.15) is 0 Å². The molecule has 1 heterocycles. The van der Waals surface area contributed by atoms with Gasteiger partial charge in [-0.15, -0.1) is 0 Å². The maximum absolute atomic E-state index is 12.8. The Balaban J connectivity index is 1.88. The highest BCUT2D eigenvalue weighted by Gasteiger charge is 2.38. The zero-order valence-corrected chi connectivity index (χ0v) is 16.6. The summed E-state index contributed by atoms with van der Waals surface area (Å²) < 4.78 is 0.856. The smallest absolute Gasteiger partial charge is 0.251 e. The number of nitrogens with zero attached hydrogens (tertiary/aromatic N) is 2. The Morgan fingerprint density at radius 3 is 2.59 bits per heavy atom. The van der Waals surface area contributed by atoms with Crippen LogP contribution in [0.4, 0.5) is 11.4 Å².